The fourth-order valence-electron chi connectivity index (χ4n) is 3.79. The molecule has 0 unspecified atom stereocenters. The molecule has 4 aromatic rings. The molecular formula is C27H21Br2Cl2F5N4O4. The monoisotopic (exact) mass is 788 g/mol. The van der Waals surface area contributed by atoms with Gasteiger partial charge in [0.05, 0.1) is 36.2 Å². The molecule has 2 aromatic heterocycles. The van der Waals surface area contributed by atoms with Crippen LogP contribution in [0.15, 0.2) is 33.2 Å². The van der Waals surface area contributed by atoms with Gasteiger partial charge in [0, 0.05) is 30.9 Å². The highest BCUT2D eigenvalue weighted by molar-refractivity contribution is 9.11. The van der Waals surface area contributed by atoms with Crippen LogP contribution in [0.3, 0.4) is 0 Å². The van der Waals surface area contributed by atoms with Crippen molar-refractivity contribution in [2.45, 2.75) is 33.1 Å². The second-order valence-corrected chi connectivity index (χ2v) is 11.8. The highest BCUT2D eigenvalue weighted by atomic mass is 79.9. The van der Waals surface area contributed by atoms with Gasteiger partial charge in [0.2, 0.25) is 0 Å². The Kier molecular flexibility index (Phi) is 10.9. The quantitative estimate of drug-likeness (QED) is 0.160. The first kappa shape index (κ1) is 35.5. The summed E-state index contributed by atoms with van der Waals surface area (Å²) >= 11 is 17.7. The molecule has 0 aliphatic heterocycles. The summed E-state index contributed by atoms with van der Waals surface area (Å²) < 4.78 is 74.4. The molecule has 0 saturated carbocycles. The molecule has 0 amide bonds. The van der Waals surface area contributed by atoms with E-state index >= 15 is 0 Å². The first-order chi connectivity index (χ1) is 20.3. The van der Waals surface area contributed by atoms with E-state index in [2.05, 4.69) is 42.1 Å². The minimum Gasteiger partial charge on any atom is -0.478 e. The van der Waals surface area contributed by atoms with E-state index in [1.165, 1.54) is 6.07 Å². The maximum Gasteiger partial charge on any atom is 0.434 e. The van der Waals surface area contributed by atoms with Crippen molar-refractivity contribution in [3.63, 3.8) is 0 Å². The van der Waals surface area contributed by atoms with Crippen molar-refractivity contribution >= 4 is 67.0 Å². The number of carbonyl (C=O) groups is 2. The van der Waals surface area contributed by atoms with Crippen LogP contribution in [0.5, 0.6) is 0 Å². The van der Waals surface area contributed by atoms with E-state index in [-0.39, 0.29) is 33.0 Å². The van der Waals surface area contributed by atoms with Gasteiger partial charge >= 0.3 is 18.1 Å². The average molecular weight is 791 g/mol. The zero-order valence-electron chi connectivity index (χ0n) is 23.2. The Labute approximate surface area is 274 Å². The van der Waals surface area contributed by atoms with Gasteiger partial charge in [-0.15, -0.1) is 0 Å². The van der Waals surface area contributed by atoms with Crippen LogP contribution in [0.25, 0.3) is 22.5 Å². The number of nitrogens with zero attached hydrogens (tertiary/aromatic N) is 4. The molecule has 0 aliphatic carbocycles. The summed E-state index contributed by atoms with van der Waals surface area (Å²) in [4.78, 5) is 23.1. The molecule has 0 saturated heterocycles. The van der Waals surface area contributed by atoms with Gasteiger partial charge in [0.15, 0.2) is 5.69 Å². The molecule has 0 fully saturated rings. The third-order valence-electron chi connectivity index (χ3n) is 5.94. The Morgan fingerprint density at radius 3 is 1.75 bits per heavy atom. The topological polar surface area (TPSA) is 99.2 Å². The van der Waals surface area contributed by atoms with Gasteiger partial charge in [-0.1, -0.05) is 23.2 Å². The van der Waals surface area contributed by atoms with Gasteiger partial charge in [-0.3, -0.25) is 9.36 Å². The molecule has 1 N–H and O–H groups in total. The second kappa shape index (κ2) is 13.5. The predicted octanol–water partition coefficient (Wildman–Crippen LogP) is 8.87. The van der Waals surface area contributed by atoms with Gasteiger partial charge in [-0.25, -0.2) is 18.4 Å². The number of alkyl halides is 3. The summed E-state index contributed by atoms with van der Waals surface area (Å²) in [7, 11) is 2.80. The molecule has 2 aromatic carbocycles. The first-order valence-corrected chi connectivity index (χ1v) is 14.5. The van der Waals surface area contributed by atoms with Crippen LogP contribution in [-0.4, -0.2) is 42.7 Å². The molecule has 236 valence electrons. The third kappa shape index (κ3) is 7.44. The van der Waals surface area contributed by atoms with E-state index in [0.717, 1.165) is 24.9 Å². The van der Waals surface area contributed by atoms with E-state index in [1.54, 1.807) is 25.6 Å². The standard InChI is InChI=1S/C15H15BrClFN2O2.C12H6BrClF4N2O2/c1-7(2)22-15(21)9-5-10(12(18)6-11(9)17)14-13(16)8(3)20(4)19-14;1-20-10(12(16,17)18)8(13)9(19-20)5-2-4(11(21)22)6(14)3-7(5)15/h5-7H,1-4H3;2-3H,1H3,(H,21,22). The Bertz CT molecular complexity index is 1770. The number of esters is 1. The molecule has 0 atom stereocenters. The number of carbonyl (C=O) groups excluding carboxylic acids is 1. The fourth-order valence-corrected chi connectivity index (χ4v) is 5.57. The summed E-state index contributed by atoms with van der Waals surface area (Å²) in [6.45, 7) is 5.31. The van der Waals surface area contributed by atoms with Crippen molar-refractivity contribution in [1.82, 2.24) is 19.6 Å². The molecule has 2 heterocycles. The maximum atomic E-state index is 14.3. The lowest BCUT2D eigenvalue weighted by atomic mass is 10.1. The molecule has 17 heteroatoms. The lowest BCUT2D eigenvalue weighted by Crippen LogP contribution is -2.12. The van der Waals surface area contributed by atoms with Crippen LogP contribution in [0, 0.1) is 18.6 Å². The summed E-state index contributed by atoms with van der Waals surface area (Å²) in [5.74, 6) is -3.56. The van der Waals surface area contributed by atoms with Crippen LogP contribution < -0.4 is 0 Å². The number of benzene rings is 2. The van der Waals surface area contributed by atoms with E-state index in [4.69, 9.17) is 33.0 Å². The van der Waals surface area contributed by atoms with Crippen LogP contribution >= 0.6 is 55.1 Å². The number of aryl methyl sites for hydroxylation is 2. The number of hydrogen-bond acceptors (Lipinski definition) is 5. The second-order valence-electron chi connectivity index (χ2n) is 9.39. The lowest BCUT2D eigenvalue weighted by Gasteiger charge is -2.11. The smallest absolute Gasteiger partial charge is 0.434 e. The Balaban J connectivity index is 0.000000240. The molecule has 0 spiro atoms. The summed E-state index contributed by atoms with van der Waals surface area (Å²) in [6.07, 6.45) is -5.00. The molecule has 4 rings (SSSR count). The minimum atomic E-state index is -4.71. The van der Waals surface area contributed by atoms with Crippen LogP contribution in [0.1, 0.15) is 46.0 Å². The number of hydrogen-bond donors (Lipinski definition) is 1. The molecular weight excluding hydrogens is 770 g/mol. The molecule has 8 nitrogen and oxygen atoms in total. The number of halogens is 9. The summed E-state index contributed by atoms with van der Waals surface area (Å²) in [6, 6.07) is 4.03. The van der Waals surface area contributed by atoms with Crippen molar-refractivity contribution in [3.8, 4) is 22.5 Å². The fraction of sp³-hybridized carbons (Fsp3) is 0.259. The Morgan fingerprint density at radius 1 is 0.886 bits per heavy atom. The lowest BCUT2D eigenvalue weighted by molar-refractivity contribution is -0.144. The van der Waals surface area contributed by atoms with Gasteiger partial charge in [0.1, 0.15) is 23.0 Å². The number of ether oxygens (including phenoxy) is 1. The normalized spacial score (nSPS) is 11.4. The van der Waals surface area contributed by atoms with Gasteiger partial charge in [-0.2, -0.15) is 23.4 Å². The van der Waals surface area contributed by atoms with E-state index in [9.17, 15) is 31.5 Å². The van der Waals surface area contributed by atoms with Crippen molar-refractivity contribution in [3.05, 3.63) is 77.4 Å². The summed E-state index contributed by atoms with van der Waals surface area (Å²) in [5.41, 5.74) is -0.773. The van der Waals surface area contributed by atoms with Crippen LogP contribution in [0.4, 0.5) is 22.0 Å². The van der Waals surface area contributed by atoms with E-state index < -0.39 is 51.0 Å². The number of rotatable bonds is 5. The van der Waals surface area contributed by atoms with Gasteiger partial charge in [0.25, 0.3) is 0 Å². The average Bonchev–Trinajstić information content (AvgIpc) is 3.32. The largest absolute Gasteiger partial charge is 0.478 e. The zero-order chi connectivity index (χ0) is 33.4. The Morgan fingerprint density at radius 2 is 1.34 bits per heavy atom. The number of carboxylic acids is 1. The van der Waals surface area contributed by atoms with Gasteiger partial charge in [-0.05, 0) is 76.9 Å². The van der Waals surface area contributed by atoms with Crippen molar-refractivity contribution in [2.24, 2.45) is 14.1 Å². The number of carboxylic acid groups (broad SMARTS) is 1. The predicted molar refractivity (Wildman–Crippen MR) is 160 cm³/mol. The van der Waals surface area contributed by atoms with Gasteiger partial charge < -0.3 is 9.84 Å². The van der Waals surface area contributed by atoms with E-state index in [0.29, 0.717) is 20.9 Å². The van der Waals surface area contributed by atoms with Crippen molar-refractivity contribution in [1.29, 1.82) is 0 Å². The van der Waals surface area contributed by atoms with Crippen LogP contribution in [-0.2, 0) is 25.0 Å². The molecule has 44 heavy (non-hydrogen) atoms. The maximum absolute atomic E-state index is 14.3. The van der Waals surface area contributed by atoms with Crippen LogP contribution in [0.2, 0.25) is 10.0 Å². The van der Waals surface area contributed by atoms with E-state index in [1.807, 2.05) is 6.92 Å². The van der Waals surface area contributed by atoms with Crippen molar-refractivity contribution < 1.29 is 41.4 Å². The van der Waals surface area contributed by atoms with Crippen molar-refractivity contribution in [2.75, 3.05) is 0 Å². The minimum absolute atomic E-state index is 0.00988. The first-order valence-electron chi connectivity index (χ1n) is 12.2. The zero-order valence-corrected chi connectivity index (χ0v) is 27.9. The molecule has 0 bridgehead atoms. The number of aromatic carboxylic acids is 1. The molecule has 0 aliphatic rings. The molecule has 0 radical (unpaired) electrons. The Hall–Kier alpha value is -3.01. The third-order valence-corrected chi connectivity index (χ3v) is 8.26. The number of aromatic nitrogens is 4. The highest BCUT2D eigenvalue weighted by Crippen LogP contribution is 2.41. The highest BCUT2D eigenvalue weighted by Gasteiger charge is 2.39. The summed E-state index contributed by atoms with van der Waals surface area (Å²) in [5, 5.41) is 16.5. The SMILES string of the molecule is Cc1c(Br)c(-c2cc(C(=O)OC(C)C)c(Cl)cc2F)nn1C.Cn1nc(-c2cc(C(=O)O)c(Cl)cc2F)c(Br)c1C(F)(F)F.